The number of carbonyl (C=O) groups is 2. The predicted octanol–water partition coefficient (Wildman–Crippen LogP) is 2.32. The quantitative estimate of drug-likeness (QED) is 0.674. The van der Waals surface area contributed by atoms with E-state index in [1.54, 1.807) is 50.5 Å². The third kappa shape index (κ3) is 4.91. The maximum atomic E-state index is 13.1. The van der Waals surface area contributed by atoms with E-state index in [0.29, 0.717) is 37.6 Å². The molecule has 1 saturated heterocycles. The van der Waals surface area contributed by atoms with Crippen LogP contribution in [0.1, 0.15) is 21.8 Å². The molecule has 7 heteroatoms. The Bertz CT molecular complexity index is 868. The lowest BCUT2D eigenvalue weighted by molar-refractivity contribution is -0.125. The van der Waals surface area contributed by atoms with Gasteiger partial charge in [0.1, 0.15) is 11.5 Å². The summed E-state index contributed by atoms with van der Waals surface area (Å²) < 4.78 is 15.5. The summed E-state index contributed by atoms with van der Waals surface area (Å²) in [5.41, 5.74) is 1.55. The number of likely N-dealkylation sites (tertiary alicyclic amines) is 1. The zero-order valence-corrected chi connectivity index (χ0v) is 17.6. The molecule has 0 saturated carbocycles. The van der Waals surface area contributed by atoms with E-state index < -0.39 is 0 Å². The smallest absolute Gasteiger partial charge is 0.253 e. The van der Waals surface area contributed by atoms with Gasteiger partial charge >= 0.3 is 0 Å². The molecule has 0 radical (unpaired) electrons. The van der Waals surface area contributed by atoms with Crippen molar-refractivity contribution in [2.24, 2.45) is 5.92 Å². The standard InChI is InChI=1S/C23H28N2O5/c1-28-12-11-24-22(26)21-15-25(23(27)16-7-9-18(29-2)10-8-16)14-20(21)17-5-4-6-19(13-17)30-3/h4-10,13,20-21H,11-12,14-15H2,1-3H3,(H,24,26)/t20-,21-/m0/s1. The molecule has 0 aromatic heterocycles. The van der Waals surface area contributed by atoms with E-state index in [4.69, 9.17) is 14.2 Å². The summed E-state index contributed by atoms with van der Waals surface area (Å²) in [7, 11) is 4.79. The third-order valence-electron chi connectivity index (χ3n) is 5.41. The minimum atomic E-state index is -0.351. The van der Waals surface area contributed by atoms with Crippen LogP contribution in [0.15, 0.2) is 48.5 Å². The average Bonchev–Trinajstić information content (AvgIpc) is 3.24. The first kappa shape index (κ1) is 21.6. The second kappa shape index (κ2) is 10.1. The second-order valence-electron chi connectivity index (χ2n) is 7.21. The Hall–Kier alpha value is -3.06. The zero-order valence-electron chi connectivity index (χ0n) is 17.6. The minimum Gasteiger partial charge on any atom is -0.497 e. The van der Waals surface area contributed by atoms with Gasteiger partial charge in [-0.2, -0.15) is 0 Å². The number of amides is 2. The minimum absolute atomic E-state index is 0.0788. The van der Waals surface area contributed by atoms with E-state index in [1.807, 2.05) is 24.3 Å². The highest BCUT2D eigenvalue weighted by Gasteiger charge is 2.40. The highest BCUT2D eigenvalue weighted by Crippen LogP contribution is 2.35. The van der Waals surface area contributed by atoms with Gasteiger partial charge in [-0.05, 0) is 42.0 Å². The Morgan fingerprint density at radius 3 is 2.40 bits per heavy atom. The number of hydrogen-bond acceptors (Lipinski definition) is 5. The van der Waals surface area contributed by atoms with Crippen molar-refractivity contribution in [2.75, 3.05) is 47.6 Å². The fraction of sp³-hybridized carbons (Fsp3) is 0.391. The molecule has 7 nitrogen and oxygen atoms in total. The number of nitrogens with one attached hydrogen (secondary N) is 1. The monoisotopic (exact) mass is 412 g/mol. The molecule has 30 heavy (non-hydrogen) atoms. The first-order valence-electron chi connectivity index (χ1n) is 9.91. The summed E-state index contributed by atoms with van der Waals surface area (Å²) in [6.45, 7) is 1.69. The Labute approximate surface area is 176 Å². The van der Waals surface area contributed by atoms with Gasteiger partial charge in [-0.1, -0.05) is 12.1 Å². The van der Waals surface area contributed by atoms with Crippen molar-refractivity contribution in [3.8, 4) is 11.5 Å². The first-order chi connectivity index (χ1) is 14.6. The molecule has 0 aliphatic carbocycles. The molecule has 1 aliphatic heterocycles. The Kier molecular flexibility index (Phi) is 7.30. The Morgan fingerprint density at radius 1 is 1.00 bits per heavy atom. The molecule has 1 heterocycles. The summed E-state index contributed by atoms with van der Waals surface area (Å²) in [6.07, 6.45) is 0. The second-order valence-corrected chi connectivity index (χ2v) is 7.21. The number of nitrogens with zero attached hydrogens (tertiary/aromatic N) is 1. The van der Waals surface area contributed by atoms with Crippen molar-refractivity contribution >= 4 is 11.8 Å². The maximum Gasteiger partial charge on any atom is 0.253 e. The van der Waals surface area contributed by atoms with Gasteiger partial charge in [0.15, 0.2) is 0 Å². The highest BCUT2D eigenvalue weighted by molar-refractivity contribution is 5.95. The van der Waals surface area contributed by atoms with Gasteiger partial charge in [0.05, 0.1) is 26.7 Å². The molecule has 1 aliphatic rings. The van der Waals surface area contributed by atoms with Crippen LogP contribution < -0.4 is 14.8 Å². The zero-order chi connectivity index (χ0) is 21.5. The van der Waals surface area contributed by atoms with Gasteiger partial charge < -0.3 is 24.4 Å². The van der Waals surface area contributed by atoms with Gasteiger partial charge in [-0.25, -0.2) is 0 Å². The van der Waals surface area contributed by atoms with Gasteiger partial charge in [-0.15, -0.1) is 0 Å². The Morgan fingerprint density at radius 2 is 1.73 bits per heavy atom. The van der Waals surface area contributed by atoms with Crippen LogP contribution in [-0.2, 0) is 9.53 Å². The van der Waals surface area contributed by atoms with Crippen LogP contribution in [0, 0.1) is 5.92 Å². The molecule has 2 atom stereocenters. The summed E-state index contributed by atoms with van der Waals surface area (Å²) >= 11 is 0. The Balaban J connectivity index is 1.82. The predicted molar refractivity (Wildman–Crippen MR) is 113 cm³/mol. The van der Waals surface area contributed by atoms with Crippen molar-refractivity contribution in [3.05, 3.63) is 59.7 Å². The van der Waals surface area contributed by atoms with Crippen LogP contribution in [0.4, 0.5) is 0 Å². The van der Waals surface area contributed by atoms with Crippen molar-refractivity contribution in [1.29, 1.82) is 0 Å². The maximum absolute atomic E-state index is 13.1. The normalized spacial score (nSPS) is 18.2. The summed E-state index contributed by atoms with van der Waals surface area (Å²) in [5, 5.41) is 2.92. The molecule has 0 bridgehead atoms. The molecule has 160 valence electrons. The van der Waals surface area contributed by atoms with Crippen molar-refractivity contribution in [1.82, 2.24) is 10.2 Å². The molecule has 3 rings (SSSR count). The van der Waals surface area contributed by atoms with E-state index in [1.165, 1.54) is 0 Å². The van der Waals surface area contributed by atoms with Crippen LogP contribution in [0.3, 0.4) is 0 Å². The van der Waals surface area contributed by atoms with Crippen molar-refractivity contribution in [2.45, 2.75) is 5.92 Å². The SMILES string of the molecule is COCCNC(=O)[C@H]1CN(C(=O)c2ccc(OC)cc2)C[C@H]1c1cccc(OC)c1. The van der Waals surface area contributed by atoms with Crippen LogP contribution in [0.2, 0.25) is 0 Å². The van der Waals surface area contributed by atoms with Crippen molar-refractivity contribution in [3.63, 3.8) is 0 Å². The van der Waals surface area contributed by atoms with Gasteiger partial charge in [0, 0.05) is 38.2 Å². The van der Waals surface area contributed by atoms with E-state index >= 15 is 0 Å². The van der Waals surface area contributed by atoms with E-state index in [2.05, 4.69) is 5.32 Å². The lowest BCUT2D eigenvalue weighted by Crippen LogP contribution is -2.37. The molecule has 1 N–H and O–H groups in total. The molecular formula is C23H28N2O5. The molecule has 2 aromatic carbocycles. The number of ether oxygens (including phenoxy) is 3. The number of rotatable bonds is 8. The van der Waals surface area contributed by atoms with E-state index in [0.717, 1.165) is 11.3 Å². The van der Waals surface area contributed by atoms with Gasteiger partial charge in [0.25, 0.3) is 5.91 Å². The molecular weight excluding hydrogens is 384 g/mol. The topological polar surface area (TPSA) is 77.1 Å². The molecule has 0 unspecified atom stereocenters. The fourth-order valence-electron chi connectivity index (χ4n) is 3.77. The van der Waals surface area contributed by atoms with Gasteiger partial charge in [-0.3, -0.25) is 9.59 Å². The third-order valence-corrected chi connectivity index (χ3v) is 5.41. The molecule has 0 spiro atoms. The number of carbonyl (C=O) groups excluding carboxylic acids is 2. The molecule has 2 amide bonds. The van der Waals surface area contributed by atoms with Crippen LogP contribution in [-0.4, -0.2) is 64.3 Å². The number of benzene rings is 2. The lowest BCUT2D eigenvalue weighted by Gasteiger charge is -2.18. The van der Waals surface area contributed by atoms with Crippen molar-refractivity contribution < 1.29 is 23.8 Å². The summed E-state index contributed by atoms with van der Waals surface area (Å²) in [4.78, 5) is 27.7. The first-order valence-corrected chi connectivity index (χ1v) is 9.91. The van der Waals surface area contributed by atoms with Crippen LogP contribution in [0.5, 0.6) is 11.5 Å². The average molecular weight is 412 g/mol. The number of methoxy groups -OCH3 is 3. The molecule has 1 fully saturated rings. The van der Waals surface area contributed by atoms with E-state index in [-0.39, 0.29) is 23.7 Å². The largest absolute Gasteiger partial charge is 0.497 e. The highest BCUT2D eigenvalue weighted by atomic mass is 16.5. The number of hydrogen-bond donors (Lipinski definition) is 1. The van der Waals surface area contributed by atoms with Crippen LogP contribution in [0.25, 0.3) is 0 Å². The van der Waals surface area contributed by atoms with Gasteiger partial charge in [0.2, 0.25) is 5.91 Å². The summed E-state index contributed by atoms with van der Waals surface area (Å²) in [5.74, 6) is 0.771. The fourth-order valence-corrected chi connectivity index (χ4v) is 3.77. The molecule has 2 aromatic rings. The van der Waals surface area contributed by atoms with Crippen LogP contribution >= 0.6 is 0 Å². The summed E-state index contributed by atoms with van der Waals surface area (Å²) in [6, 6.07) is 14.7. The lowest BCUT2D eigenvalue weighted by atomic mass is 9.88. The van der Waals surface area contributed by atoms with E-state index in [9.17, 15) is 9.59 Å².